The summed E-state index contributed by atoms with van der Waals surface area (Å²) in [6.45, 7) is 10.6. The molecule has 3 atom stereocenters. The van der Waals surface area contributed by atoms with Crippen molar-refractivity contribution in [3.63, 3.8) is 0 Å². The highest BCUT2D eigenvalue weighted by molar-refractivity contribution is 6.30. The zero-order valence-corrected chi connectivity index (χ0v) is 24.5. The average molecular weight is 572 g/mol. The molecule has 10 heteroatoms. The van der Waals surface area contributed by atoms with Gasteiger partial charge < -0.3 is 19.4 Å². The van der Waals surface area contributed by atoms with E-state index >= 15 is 0 Å². The molecule has 5 rings (SSSR count). The van der Waals surface area contributed by atoms with Crippen molar-refractivity contribution in [1.29, 1.82) is 0 Å². The molecule has 1 saturated carbocycles. The van der Waals surface area contributed by atoms with E-state index in [1.54, 1.807) is 17.0 Å². The second-order valence-electron chi connectivity index (χ2n) is 12.3. The average Bonchev–Trinajstić information content (AvgIpc) is 3.69. The first-order valence-electron chi connectivity index (χ1n) is 14.3. The summed E-state index contributed by atoms with van der Waals surface area (Å²) in [5.41, 5.74) is 1.58. The van der Waals surface area contributed by atoms with Gasteiger partial charge in [0.15, 0.2) is 0 Å². The predicted octanol–water partition coefficient (Wildman–Crippen LogP) is 5.73. The molecular formula is C30H39ClFN5O3. The Morgan fingerprint density at radius 3 is 2.42 bits per heavy atom. The number of amides is 2. The number of piperazine rings is 1. The first kappa shape index (κ1) is 28.6. The summed E-state index contributed by atoms with van der Waals surface area (Å²) in [5.74, 6) is 0.694. The number of alkyl halides is 1. The maximum absolute atomic E-state index is 14.5. The first-order chi connectivity index (χ1) is 19.0. The third-order valence-electron chi connectivity index (χ3n) is 7.94. The van der Waals surface area contributed by atoms with Crippen LogP contribution in [0.25, 0.3) is 0 Å². The molecule has 0 spiro atoms. The van der Waals surface area contributed by atoms with Crippen molar-refractivity contribution in [3.8, 4) is 0 Å². The molecular weight excluding hydrogens is 533 g/mol. The SMILES string of the molecule is C[C@@H]1C[C@@H](F)c2ncnc(N3CCN(C(=O)[C@H](CN(CC4CC4)C(=O)OC(C)(C)C)c4ccc(Cl)cc4)CC3)c21. The summed E-state index contributed by atoms with van der Waals surface area (Å²) in [6.07, 6.45) is 2.58. The number of anilines is 1. The highest BCUT2D eigenvalue weighted by Gasteiger charge is 2.37. The van der Waals surface area contributed by atoms with Crippen molar-refractivity contribution < 1.29 is 18.7 Å². The van der Waals surface area contributed by atoms with Crippen LogP contribution >= 0.6 is 11.6 Å². The van der Waals surface area contributed by atoms with Crippen molar-refractivity contribution in [2.24, 2.45) is 5.92 Å². The number of hydrogen-bond acceptors (Lipinski definition) is 6. The minimum atomic E-state index is -1.06. The van der Waals surface area contributed by atoms with Crippen molar-refractivity contribution in [3.05, 3.63) is 52.4 Å². The molecule has 2 heterocycles. The Morgan fingerprint density at radius 1 is 1.12 bits per heavy atom. The van der Waals surface area contributed by atoms with Crippen molar-refractivity contribution in [2.45, 2.75) is 70.6 Å². The lowest BCUT2D eigenvalue weighted by atomic mass is 9.96. The van der Waals surface area contributed by atoms with E-state index in [-0.39, 0.29) is 18.4 Å². The molecule has 1 aliphatic heterocycles. The van der Waals surface area contributed by atoms with E-state index in [1.807, 2.05) is 44.7 Å². The van der Waals surface area contributed by atoms with Gasteiger partial charge >= 0.3 is 6.09 Å². The van der Waals surface area contributed by atoms with Gasteiger partial charge in [0.25, 0.3) is 0 Å². The van der Waals surface area contributed by atoms with Gasteiger partial charge in [-0.25, -0.2) is 19.2 Å². The minimum absolute atomic E-state index is 0.0311. The van der Waals surface area contributed by atoms with Gasteiger partial charge in [0.1, 0.15) is 23.9 Å². The van der Waals surface area contributed by atoms with Crippen LogP contribution in [0.5, 0.6) is 0 Å². The van der Waals surface area contributed by atoms with E-state index < -0.39 is 23.8 Å². The van der Waals surface area contributed by atoms with Crippen LogP contribution in [-0.2, 0) is 9.53 Å². The number of rotatable bonds is 7. The molecule has 2 fully saturated rings. The number of nitrogens with zero attached hydrogens (tertiary/aromatic N) is 5. The van der Waals surface area contributed by atoms with Gasteiger partial charge in [-0.05, 0) is 69.6 Å². The normalized spacial score (nSPS) is 21.6. The summed E-state index contributed by atoms with van der Waals surface area (Å²) >= 11 is 6.17. The topological polar surface area (TPSA) is 78.9 Å². The Bertz CT molecular complexity index is 1220. The molecule has 1 saturated heterocycles. The molecule has 0 unspecified atom stereocenters. The summed E-state index contributed by atoms with van der Waals surface area (Å²) in [7, 11) is 0. The van der Waals surface area contributed by atoms with Crippen LogP contribution in [-0.4, -0.2) is 76.6 Å². The van der Waals surface area contributed by atoms with Gasteiger partial charge in [-0.15, -0.1) is 0 Å². The summed E-state index contributed by atoms with van der Waals surface area (Å²) in [5, 5.41) is 0.590. The number of hydrogen-bond donors (Lipinski definition) is 0. The Hall–Kier alpha value is -2.94. The summed E-state index contributed by atoms with van der Waals surface area (Å²) in [4.78, 5) is 41.7. The van der Waals surface area contributed by atoms with Gasteiger partial charge in [-0.3, -0.25) is 4.79 Å². The highest BCUT2D eigenvalue weighted by atomic mass is 35.5. The van der Waals surface area contributed by atoms with Crippen molar-refractivity contribution in [1.82, 2.24) is 19.8 Å². The number of ether oxygens (including phenoxy) is 1. The highest BCUT2D eigenvalue weighted by Crippen LogP contribution is 2.44. The van der Waals surface area contributed by atoms with Crippen LogP contribution < -0.4 is 4.90 Å². The number of benzene rings is 1. The number of halogens is 2. The second kappa shape index (κ2) is 11.5. The molecule has 0 N–H and O–H groups in total. The van der Waals surface area contributed by atoms with Crippen LogP contribution in [0.4, 0.5) is 15.0 Å². The summed E-state index contributed by atoms with van der Waals surface area (Å²) in [6, 6.07) is 7.29. The number of carbonyl (C=O) groups excluding carboxylic acids is 2. The van der Waals surface area contributed by atoms with Gasteiger partial charge in [-0.2, -0.15) is 0 Å². The Morgan fingerprint density at radius 2 is 1.80 bits per heavy atom. The smallest absolute Gasteiger partial charge is 0.410 e. The quantitative estimate of drug-likeness (QED) is 0.422. The zero-order chi connectivity index (χ0) is 28.6. The molecule has 2 aromatic rings. The molecule has 8 nitrogen and oxygen atoms in total. The molecule has 0 radical (unpaired) electrons. The van der Waals surface area contributed by atoms with E-state index in [2.05, 4.69) is 14.9 Å². The predicted molar refractivity (Wildman–Crippen MR) is 152 cm³/mol. The van der Waals surface area contributed by atoms with E-state index in [1.165, 1.54) is 6.33 Å². The number of carbonyl (C=O) groups is 2. The van der Waals surface area contributed by atoms with E-state index in [9.17, 15) is 14.0 Å². The fraction of sp³-hybridized carbons (Fsp3) is 0.600. The fourth-order valence-corrected chi connectivity index (χ4v) is 5.80. The largest absolute Gasteiger partial charge is 0.444 e. The van der Waals surface area contributed by atoms with Gasteiger partial charge in [-0.1, -0.05) is 30.7 Å². The first-order valence-corrected chi connectivity index (χ1v) is 14.6. The molecule has 216 valence electrons. The molecule has 1 aromatic carbocycles. The van der Waals surface area contributed by atoms with Gasteiger partial charge in [0, 0.05) is 49.9 Å². The van der Waals surface area contributed by atoms with Crippen LogP contribution in [0.15, 0.2) is 30.6 Å². The Balaban J connectivity index is 1.33. The second-order valence-corrected chi connectivity index (χ2v) is 12.8. The lowest BCUT2D eigenvalue weighted by Gasteiger charge is -2.38. The maximum atomic E-state index is 14.5. The molecule has 2 amide bonds. The minimum Gasteiger partial charge on any atom is -0.444 e. The van der Waals surface area contributed by atoms with Crippen molar-refractivity contribution >= 4 is 29.4 Å². The van der Waals surface area contributed by atoms with Crippen molar-refractivity contribution in [2.75, 3.05) is 44.2 Å². The van der Waals surface area contributed by atoms with E-state index in [0.717, 1.165) is 29.8 Å². The monoisotopic (exact) mass is 571 g/mol. The molecule has 2 aliphatic carbocycles. The lowest BCUT2D eigenvalue weighted by molar-refractivity contribution is -0.133. The van der Waals surface area contributed by atoms with Crippen LogP contribution in [0.3, 0.4) is 0 Å². The molecule has 1 aromatic heterocycles. The zero-order valence-electron chi connectivity index (χ0n) is 23.8. The molecule has 40 heavy (non-hydrogen) atoms. The standard InChI is InChI=1S/C30H39ClFN5O3/c1-19-15-24(32)26-25(19)27(34-18-33-26)35-11-13-36(14-12-35)28(38)23(21-7-9-22(31)10-8-21)17-37(16-20-5-6-20)29(39)40-30(2,3)4/h7-10,18-20,23-24H,5-6,11-17H2,1-4H3/t19-,23-,24-/m1/s1. The third kappa shape index (κ3) is 6.51. The number of fused-ring (bicyclic) bond motifs is 1. The van der Waals surface area contributed by atoms with Crippen LogP contribution in [0, 0.1) is 5.92 Å². The third-order valence-corrected chi connectivity index (χ3v) is 8.19. The molecule has 0 bridgehead atoms. The fourth-order valence-electron chi connectivity index (χ4n) is 5.68. The maximum Gasteiger partial charge on any atom is 0.410 e. The summed E-state index contributed by atoms with van der Waals surface area (Å²) < 4.78 is 20.2. The molecule has 3 aliphatic rings. The van der Waals surface area contributed by atoms with Crippen LogP contribution in [0.2, 0.25) is 5.02 Å². The van der Waals surface area contributed by atoms with Gasteiger partial charge in [0.2, 0.25) is 5.91 Å². The van der Waals surface area contributed by atoms with Gasteiger partial charge in [0.05, 0.1) is 11.6 Å². The Labute approximate surface area is 240 Å². The lowest BCUT2D eigenvalue weighted by Crippen LogP contribution is -2.52. The Kier molecular flexibility index (Phi) is 8.22. The van der Waals surface area contributed by atoms with E-state index in [0.29, 0.717) is 55.8 Å². The van der Waals surface area contributed by atoms with Crippen LogP contribution in [0.1, 0.15) is 81.8 Å². The van der Waals surface area contributed by atoms with E-state index in [4.69, 9.17) is 16.3 Å². The number of aromatic nitrogens is 2.